The summed E-state index contributed by atoms with van der Waals surface area (Å²) in [6, 6.07) is 44.5. The quantitative estimate of drug-likeness (QED) is 0.191. The zero-order valence-corrected chi connectivity index (χ0v) is 33.4. The van der Waals surface area contributed by atoms with Gasteiger partial charge >= 0.3 is 0 Å². The van der Waals surface area contributed by atoms with Crippen molar-refractivity contribution >= 4 is 43.9 Å². The Balaban J connectivity index is 1.34. The lowest BCUT2D eigenvalue weighted by Crippen LogP contribution is -2.28. The van der Waals surface area contributed by atoms with E-state index < -0.39 is 5.54 Å². The molecule has 9 aromatic rings. The van der Waals surface area contributed by atoms with Gasteiger partial charge in [-0.25, -0.2) is 4.98 Å². The molecule has 0 unspecified atom stereocenters. The summed E-state index contributed by atoms with van der Waals surface area (Å²) in [6.45, 7) is 17.8. The summed E-state index contributed by atoms with van der Waals surface area (Å²) in [7, 11) is 0. The minimum Gasteiger partial charge on any atom is -0.507 e. The van der Waals surface area contributed by atoms with E-state index >= 15 is 0 Å². The van der Waals surface area contributed by atoms with E-state index in [9.17, 15) is 5.11 Å². The van der Waals surface area contributed by atoms with Crippen LogP contribution in [0.3, 0.4) is 0 Å². The van der Waals surface area contributed by atoms with Crippen molar-refractivity contribution in [2.24, 2.45) is 0 Å². The van der Waals surface area contributed by atoms with E-state index in [1.165, 1.54) is 5.56 Å². The Morgan fingerprint density at radius 1 is 0.536 bits per heavy atom. The molecule has 0 spiro atoms. The number of aromatic hydroxyl groups is 1. The van der Waals surface area contributed by atoms with Crippen LogP contribution in [0.25, 0.3) is 77.5 Å². The molecular formula is C51H47N3O2. The van der Waals surface area contributed by atoms with Gasteiger partial charge in [-0.3, -0.25) is 4.98 Å². The third-order valence-electron chi connectivity index (χ3n) is 11.5. The van der Waals surface area contributed by atoms with E-state index in [0.29, 0.717) is 5.56 Å². The van der Waals surface area contributed by atoms with E-state index in [1.54, 1.807) is 0 Å². The van der Waals surface area contributed by atoms with Crippen LogP contribution in [0.15, 0.2) is 138 Å². The second-order valence-electron chi connectivity index (χ2n) is 17.7. The maximum atomic E-state index is 11.6. The number of para-hydroxylation sites is 2. The molecule has 0 aliphatic heterocycles. The molecule has 6 aromatic carbocycles. The fourth-order valence-corrected chi connectivity index (χ4v) is 8.25. The molecule has 3 aromatic heterocycles. The van der Waals surface area contributed by atoms with E-state index in [-0.39, 0.29) is 16.6 Å². The minimum absolute atomic E-state index is 0.117. The molecule has 0 radical (unpaired) electrons. The predicted octanol–water partition coefficient (Wildman–Crippen LogP) is 13.6. The molecule has 5 nitrogen and oxygen atoms in total. The molecule has 0 aliphatic carbocycles. The van der Waals surface area contributed by atoms with Gasteiger partial charge in [-0.15, -0.1) is 0 Å². The van der Waals surface area contributed by atoms with E-state index in [4.69, 9.17) is 14.4 Å². The van der Waals surface area contributed by atoms with Crippen LogP contribution in [0.4, 0.5) is 0 Å². The number of phenols is 1. The molecule has 1 N–H and O–H groups in total. The second-order valence-corrected chi connectivity index (χ2v) is 17.7. The number of rotatable bonds is 5. The average molecular weight is 734 g/mol. The Hall–Kier alpha value is -6.20. The number of benzene rings is 6. The second kappa shape index (κ2) is 12.7. The van der Waals surface area contributed by atoms with Crippen molar-refractivity contribution < 1.29 is 9.52 Å². The van der Waals surface area contributed by atoms with Crippen molar-refractivity contribution in [3.63, 3.8) is 0 Å². The number of phenolic OH excluding ortho intramolecular Hbond substituents is 1. The fraction of sp³-hybridized carbons (Fsp3) is 0.216. The minimum atomic E-state index is -0.514. The van der Waals surface area contributed by atoms with Gasteiger partial charge < -0.3 is 14.1 Å². The highest BCUT2D eigenvalue weighted by Crippen LogP contribution is 2.45. The van der Waals surface area contributed by atoms with Crippen molar-refractivity contribution in [2.45, 2.75) is 71.8 Å². The summed E-state index contributed by atoms with van der Waals surface area (Å²) >= 11 is 0. The van der Waals surface area contributed by atoms with Gasteiger partial charge in [0.15, 0.2) is 0 Å². The summed E-state index contributed by atoms with van der Waals surface area (Å²) in [5.41, 5.74) is 12.2. The maximum Gasteiger partial charge on any atom is 0.145 e. The number of furan rings is 1. The van der Waals surface area contributed by atoms with Gasteiger partial charge in [-0.2, -0.15) is 0 Å². The molecule has 0 saturated heterocycles. The fourth-order valence-electron chi connectivity index (χ4n) is 8.25. The molecule has 5 heteroatoms. The summed E-state index contributed by atoms with van der Waals surface area (Å²) in [5.74, 6) is 0.933. The molecular weight excluding hydrogens is 687 g/mol. The lowest BCUT2D eigenvalue weighted by atomic mass is 9.82. The summed E-state index contributed by atoms with van der Waals surface area (Å²) < 4.78 is 8.76. The van der Waals surface area contributed by atoms with Crippen molar-refractivity contribution in [2.75, 3.05) is 0 Å². The van der Waals surface area contributed by atoms with Crippen LogP contribution >= 0.6 is 0 Å². The summed E-state index contributed by atoms with van der Waals surface area (Å²) in [5, 5.41) is 14.7. The SMILES string of the molecule is CC(C)(C)c1cc(-c2cc3c4ccccc4oc3c3cccnc23)cc(-c2cccc3c2nc(-c2cc(C(C)(C)C)ccc2O)n3C(C)(C)c2ccccc2)c1. The Bertz CT molecular complexity index is 2970. The molecule has 0 fully saturated rings. The standard InChI is InChI=1S/C51H47N3O2/c1-49(2,3)34-23-24-43(55)41(29-34)48-53-46-36(19-14-21-42(46)54(48)51(7,8)33-16-10-9-11-17-33)31-26-32(28-35(27-31)50(4,5)6)39-30-40-37-18-12-13-22-44(37)56-47(40)38-20-15-25-52-45(38)39/h9-30,55H,1-8H3. The van der Waals surface area contributed by atoms with Crippen molar-refractivity contribution in [3.8, 4) is 39.4 Å². The molecule has 0 amide bonds. The van der Waals surface area contributed by atoms with Crippen molar-refractivity contribution in [3.05, 3.63) is 150 Å². The van der Waals surface area contributed by atoms with Crippen LogP contribution in [-0.2, 0) is 16.4 Å². The molecule has 0 aliphatic rings. The Kier molecular flexibility index (Phi) is 8.03. The van der Waals surface area contributed by atoms with Crippen LogP contribution < -0.4 is 0 Å². The maximum absolute atomic E-state index is 11.6. The van der Waals surface area contributed by atoms with E-state index in [0.717, 1.165) is 83.1 Å². The van der Waals surface area contributed by atoms with Gasteiger partial charge in [0, 0.05) is 33.5 Å². The number of hydrogen-bond donors (Lipinski definition) is 1. The topological polar surface area (TPSA) is 64.1 Å². The number of hydrogen-bond acceptors (Lipinski definition) is 4. The summed E-state index contributed by atoms with van der Waals surface area (Å²) in [4.78, 5) is 10.5. The number of imidazole rings is 1. The normalized spacial score (nSPS) is 12.7. The number of pyridine rings is 1. The smallest absolute Gasteiger partial charge is 0.145 e. The van der Waals surface area contributed by atoms with Gasteiger partial charge in [-0.1, -0.05) is 120 Å². The van der Waals surface area contributed by atoms with Crippen LogP contribution in [0.5, 0.6) is 5.75 Å². The number of fused-ring (bicyclic) bond motifs is 6. The molecule has 3 heterocycles. The monoisotopic (exact) mass is 733 g/mol. The van der Waals surface area contributed by atoms with Crippen LogP contribution in [-0.4, -0.2) is 19.6 Å². The van der Waals surface area contributed by atoms with Gasteiger partial charge in [0.25, 0.3) is 0 Å². The van der Waals surface area contributed by atoms with Gasteiger partial charge in [0.05, 0.1) is 27.7 Å². The Morgan fingerprint density at radius 2 is 1.23 bits per heavy atom. The zero-order valence-electron chi connectivity index (χ0n) is 33.4. The van der Waals surface area contributed by atoms with Gasteiger partial charge in [0.2, 0.25) is 0 Å². The Morgan fingerprint density at radius 3 is 1.98 bits per heavy atom. The van der Waals surface area contributed by atoms with Crippen molar-refractivity contribution in [1.29, 1.82) is 0 Å². The molecule has 278 valence electrons. The van der Waals surface area contributed by atoms with E-state index in [1.807, 2.05) is 36.5 Å². The predicted molar refractivity (Wildman–Crippen MR) is 233 cm³/mol. The van der Waals surface area contributed by atoms with E-state index in [2.05, 4.69) is 157 Å². The molecule has 0 saturated carbocycles. The first-order valence-electron chi connectivity index (χ1n) is 19.5. The van der Waals surface area contributed by atoms with Crippen LogP contribution in [0, 0.1) is 0 Å². The lowest BCUT2D eigenvalue weighted by molar-refractivity contribution is 0.448. The Labute approximate surface area is 328 Å². The average Bonchev–Trinajstić information content (AvgIpc) is 3.77. The van der Waals surface area contributed by atoms with Crippen LogP contribution in [0.1, 0.15) is 72.1 Å². The van der Waals surface area contributed by atoms with Crippen LogP contribution in [0.2, 0.25) is 0 Å². The molecule has 0 bridgehead atoms. The highest BCUT2D eigenvalue weighted by atomic mass is 16.3. The highest BCUT2D eigenvalue weighted by Gasteiger charge is 2.31. The summed E-state index contributed by atoms with van der Waals surface area (Å²) in [6.07, 6.45) is 1.86. The molecule has 9 rings (SSSR count). The number of aromatic nitrogens is 3. The first-order valence-corrected chi connectivity index (χ1v) is 19.5. The first kappa shape index (κ1) is 35.5. The largest absolute Gasteiger partial charge is 0.507 e. The molecule has 0 atom stereocenters. The lowest BCUT2D eigenvalue weighted by Gasteiger charge is -2.31. The zero-order chi connectivity index (χ0) is 39.1. The van der Waals surface area contributed by atoms with Gasteiger partial charge in [0.1, 0.15) is 22.7 Å². The first-order chi connectivity index (χ1) is 26.7. The number of nitrogens with zero attached hydrogens (tertiary/aromatic N) is 3. The molecule has 56 heavy (non-hydrogen) atoms. The van der Waals surface area contributed by atoms with Gasteiger partial charge in [-0.05, 0) is 101 Å². The highest BCUT2D eigenvalue weighted by molar-refractivity contribution is 6.18. The third-order valence-corrected chi connectivity index (χ3v) is 11.5. The third kappa shape index (κ3) is 5.76. The van der Waals surface area contributed by atoms with Crippen molar-refractivity contribution in [1.82, 2.24) is 14.5 Å².